The Balaban J connectivity index is 1.54. The first kappa shape index (κ1) is 18.7. The molecule has 2 heterocycles. The maximum absolute atomic E-state index is 12.4. The van der Waals surface area contributed by atoms with E-state index in [1.54, 1.807) is 38.1 Å². The molecule has 0 aliphatic carbocycles. The predicted molar refractivity (Wildman–Crippen MR) is 95.1 cm³/mol. The minimum Gasteiger partial charge on any atom is -0.478 e. The van der Waals surface area contributed by atoms with Crippen molar-refractivity contribution in [3.63, 3.8) is 0 Å². The van der Waals surface area contributed by atoms with Crippen LogP contribution in [0.2, 0.25) is 5.02 Å². The van der Waals surface area contributed by atoms with E-state index >= 15 is 0 Å². The minimum atomic E-state index is -1.06. The van der Waals surface area contributed by atoms with Crippen molar-refractivity contribution in [2.75, 3.05) is 13.2 Å². The van der Waals surface area contributed by atoms with Crippen molar-refractivity contribution >= 4 is 17.5 Å². The smallest absolute Gasteiger partial charge is 0.264 e. The first-order valence-corrected chi connectivity index (χ1v) is 8.95. The molecule has 0 radical (unpaired) electrons. The Morgan fingerprint density at radius 2 is 2.00 bits per heavy atom. The average molecular weight is 380 g/mol. The predicted octanol–water partition coefficient (Wildman–Crippen LogP) is 3.09. The maximum Gasteiger partial charge on any atom is 0.264 e. The lowest BCUT2D eigenvalue weighted by Crippen LogP contribution is -2.46. The first-order chi connectivity index (χ1) is 12.4. The molecule has 0 unspecified atom stereocenters. The van der Waals surface area contributed by atoms with Gasteiger partial charge in [-0.2, -0.15) is 4.98 Å². The number of nitrogens with zero attached hydrogens (tertiary/aromatic N) is 2. The lowest BCUT2D eigenvalue weighted by atomic mass is 10.00. The second-order valence-corrected chi connectivity index (χ2v) is 7.12. The van der Waals surface area contributed by atoms with Crippen molar-refractivity contribution in [1.29, 1.82) is 0 Å². The summed E-state index contributed by atoms with van der Waals surface area (Å²) in [5.41, 5.74) is -1.06. The zero-order valence-corrected chi connectivity index (χ0v) is 15.6. The quantitative estimate of drug-likeness (QED) is 0.829. The number of amides is 1. The second-order valence-electron chi connectivity index (χ2n) is 6.68. The van der Waals surface area contributed by atoms with E-state index < -0.39 is 5.60 Å². The minimum absolute atomic E-state index is 0.155. The molecule has 1 aliphatic rings. The van der Waals surface area contributed by atoms with Gasteiger partial charge in [0.25, 0.3) is 5.91 Å². The van der Waals surface area contributed by atoms with E-state index in [0.717, 1.165) is 12.8 Å². The van der Waals surface area contributed by atoms with E-state index in [0.29, 0.717) is 35.7 Å². The van der Waals surface area contributed by atoms with Gasteiger partial charge >= 0.3 is 0 Å². The molecule has 1 aromatic carbocycles. The molecular weight excluding hydrogens is 358 g/mol. The van der Waals surface area contributed by atoms with E-state index in [9.17, 15) is 4.79 Å². The molecule has 0 atom stereocenters. The summed E-state index contributed by atoms with van der Waals surface area (Å²) in [6, 6.07) is 6.85. The normalized spacial score (nSPS) is 15.7. The topological polar surface area (TPSA) is 86.5 Å². The van der Waals surface area contributed by atoms with Crippen LogP contribution in [0, 0.1) is 0 Å². The molecule has 0 bridgehead atoms. The van der Waals surface area contributed by atoms with Crippen LogP contribution in [-0.4, -0.2) is 34.9 Å². The third-order valence-electron chi connectivity index (χ3n) is 4.20. The SMILES string of the molecule is CC(C)(Oc1ccc(Cl)cc1)C(=O)NCc1nc(C2CCOCC2)no1. The number of benzene rings is 1. The molecule has 2 aromatic rings. The van der Waals surface area contributed by atoms with Gasteiger partial charge in [0.2, 0.25) is 5.89 Å². The Kier molecular flexibility index (Phi) is 5.78. The molecule has 8 heteroatoms. The highest BCUT2D eigenvalue weighted by atomic mass is 35.5. The van der Waals surface area contributed by atoms with Crippen LogP contribution in [0.3, 0.4) is 0 Å². The van der Waals surface area contributed by atoms with Gasteiger partial charge in [0.15, 0.2) is 11.4 Å². The molecule has 1 fully saturated rings. The summed E-state index contributed by atoms with van der Waals surface area (Å²) in [4.78, 5) is 16.8. The van der Waals surface area contributed by atoms with Crippen molar-refractivity contribution in [2.24, 2.45) is 0 Å². The van der Waals surface area contributed by atoms with E-state index in [2.05, 4.69) is 15.5 Å². The van der Waals surface area contributed by atoms with Crippen molar-refractivity contribution in [3.05, 3.63) is 41.0 Å². The summed E-state index contributed by atoms with van der Waals surface area (Å²) >= 11 is 5.86. The summed E-state index contributed by atoms with van der Waals surface area (Å²) < 4.78 is 16.3. The van der Waals surface area contributed by atoms with E-state index in [4.69, 9.17) is 25.6 Å². The van der Waals surface area contributed by atoms with Crippen molar-refractivity contribution < 1.29 is 18.8 Å². The third kappa shape index (κ3) is 4.74. The summed E-state index contributed by atoms with van der Waals surface area (Å²) in [6.45, 7) is 4.96. The lowest BCUT2D eigenvalue weighted by Gasteiger charge is -2.25. The van der Waals surface area contributed by atoms with Crippen LogP contribution in [0.4, 0.5) is 0 Å². The number of ether oxygens (including phenoxy) is 2. The standard InChI is InChI=1S/C18H22ClN3O4/c1-18(2,25-14-5-3-13(19)4-6-14)17(23)20-11-15-21-16(22-26-15)12-7-9-24-10-8-12/h3-6,12H,7-11H2,1-2H3,(H,20,23). The number of halogens is 1. The third-order valence-corrected chi connectivity index (χ3v) is 4.46. The number of carbonyl (C=O) groups is 1. The van der Waals surface area contributed by atoms with Crippen LogP contribution in [0.15, 0.2) is 28.8 Å². The summed E-state index contributed by atoms with van der Waals surface area (Å²) in [7, 11) is 0. The van der Waals surface area contributed by atoms with Crippen molar-refractivity contribution in [1.82, 2.24) is 15.5 Å². The van der Waals surface area contributed by atoms with Crippen LogP contribution in [0.1, 0.15) is 44.3 Å². The first-order valence-electron chi connectivity index (χ1n) is 8.57. The Bertz CT molecular complexity index is 739. The van der Waals surface area contributed by atoms with E-state index in [1.807, 2.05) is 0 Å². The second kappa shape index (κ2) is 8.05. The fourth-order valence-electron chi connectivity index (χ4n) is 2.67. The van der Waals surface area contributed by atoms with Gasteiger partial charge in [-0.1, -0.05) is 16.8 Å². The van der Waals surface area contributed by atoms with Crippen LogP contribution in [0.5, 0.6) is 5.75 Å². The molecule has 0 saturated carbocycles. The molecule has 140 valence electrons. The van der Waals surface area contributed by atoms with Crippen LogP contribution in [0.25, 0.3) is 0 Å². The monoisotopic (exact) mass is 379 g/mol. The number of aromatic nitrogens is 2. The molecule has 3 rings (SSSR count). The summed E-state index contributed by atoms with van der Waals surface area (Å²) in [5.74, 6) is 1.59. The zero-order valence-electron chi connectivity index (χ0n) is 14.8. The van der Waals surface area contributed by atoms with E-state index in [1.165, 1.54) is 0 Å². The fourth-order valence-corrected chi connectivity index (χ4v) is 2.80. The Labute approximate surface area is 157 Å². The average Bonchev–Trinajstić information content (AvgIpc) is 3.11. The number of rotatable bonds is 6. The summed E-state index contributed by atoms with van der Waals surface area (Å²) in [5, 5.41) is 7.40. The van der Waals surface area contributed by atoms with Crippen LogP contribution >= 0.6 is 11.6 Å². The Hall–Kier alpha value is -2.12. The summed E-state index contributed by atoms with van der Waals surface area (Å²) in [6.07, 6.45) is 1.76. The molecule has 1 saturated heterocycles. The molecule has 1 amide bonds. The van der Waals surface area contributed by atoms with E-state index in [-0.39, 0.29) is 18.4 Å². The maximum atomic E-state index is 12.4. The molecule has 26 heavy (non-hydrogen) atoms. The van der Waals surface area contributed by atoms with Crippen LogP contribution < -0.4 is 10.1 Å². The number of nitrogens with one attached hydrogen (secondary N) is 1. The van der Waals surface area contributed by atoms with Crippen LogP contribution in [-0.2, 0) is 16.1 Å². The molecule has 7 nitrogen and oxygen atoms in total. The fraction of sp³-hybridized carbons (Fsp3) is 0.500. The number of carbonyl (C=O) groups excluding carboxylic acids is 1. The highest BCUT2D eigenvalue weighted by Gasteiger charge is 2.30. The molecule has 1 N–H and O–H groups in total. The zero-order chi connectivity index (χ0) is 18.6. The van der Waals surface area contributed by atoms with Crippen molar-refractivity contribution in [2.45, 2.75) is 44.8 Å². The van der Waals surface area contributed by atoms with Crippen molar-refractivity contribution in [3.8, 4) is 5.75 Å². The molecular formula is C18H22ClN3O4. The number of hydrogen-bond donors (Lipinski definition) is 1. The van der Waals surface area contributed by atoms with Gasteiger partial charge in [-0.15, -0.1) is 0 Å². The Morgan fingerprint density at radius 3 is 2.69 bits per heavy atom. The van der Waals surface area contributed by atoms with Gasteiger partial charge in [0.1, 0.15) is 5.75 Å². The van der Waals surface area contributed by atoms with Gasteiger partial charge in [-0.05, 0) is 51.0 Å². The molecule has 1 aromatic heterocycles. The van der Waals surface area contributed by atoms with Gasteiger partial charge in [0.05, 0.1) is 6.54 Å². The van der Waals surface area contributed by atoms with Gasteiger partial charge in [-0.3, -0.25) is 4.79 Å². The Morgan fingerprint density at radius 1 is 1.31 bits per heavy atom. The highest BCUT2D eigenvalue weighted by Crippen LogP contribution is 2.24. The molecule has 0 spiro atoms. The highest BCUT2D eigenvalue weighted by molar-refractivity contribution is 6.30. The van der Waals surface area contributed by atoms with Gasteiger partial charge in [-0.25, -0.2) is 0 Å². The van der Waals surface area contributed by atoms with Gasteiger partial charge < -0.3 is 19.3 Å². The lowest BCUT2D eigenvalue weighted by molar-refractivity contribution is -0.134. The molecule has 1 aliphatic heterocycles. The largest absolute Gasteiger partial charge is 0.478 e. The van der Waals surface area contributed by atoms with Gasteiger partial charge in [0, 0.05) is 24.2 Å². The number of hydrogen-bond acceptors (Lipinski definition) is 6.